The van der Waals surface area contributed by atoms with Gasteiger partial charge < -0.3 is 19.1 Å². The molecule has 0 aromatic heterocycles. The van der Waals surface area contributed by atoms with Gasteiger partial charge in [-0.05, 0) is 35.9 Å². The van der Waals surface area contributed by atoms with Gasteiger partial charge in [0.15, 0.2) is 22.4 Å². The number of benzene rings is 2. The van der Waals surface area contributed by atoms with Gasteiger partial charge >= 0.3 is 0 Å². The molecule has 0 spiro atoms. The van der Waals surface area contributed by atoms with Crippen LogP contribution in [0, 0.1) is 10.1 Å². The van der Waals surface area contributed by atoms with E-state index >= 15 is 0 Å². The number of nitrogens with zero attached hydrogens (tertiary/aromatic N) is 3. The predicted octanol–water partition coefficient (Wildman–Crippen LogP) is 3.25. The van der Waals surface area contributed by atoms with E-state index in [1.165, 1.54) is 36.3 Å². The second-order valence-electron chi connectivity index (χ2n) is 7.48. The molecule has 12 heteroatoms. The molecule has 2 aliphatic heterocycles. The topological polar surface area (TPSA) is 111 Å². The number of anilines is 1. The average molecular weight is 516 g/mol. The highest BCUT2D eigenvalue weighted by Crippen LogP contribution is 2.37. The fourth-order valence-corrected chi connectivity index (χ4v) is 4.80. The summed E-state index contributed by atoms with van der Waals surface area (Å²) < 4.78 is 16.7. The Labute approximate surface area is 210 Å². The minimum absolute atomic E-state index is 0.0734. The molecule has 2 amide bonds. The van der Waals surface area contributed by atoms with Crippen LogP contribution >= 0.6 is 24.0 Å². The number of morpholine rings is 1. The number of non-ortho nitro benzene ring substituents is 1. The number of amides is 2. The lowest BCUT2D eigenvalue weighted by molar-refractivity contribution is -0.384. The first-order valence-corrected chi connectivity index (χ1v) is 11.8. The van der Waals surface area contributed by atoms with Crippen LogP contribution in [-0.2, 0) is 14.3 Å². The van der Waals surface area contributed by atoms with Crippen molar-refractivity contribution in [3.8, 4) is 11.5 Å². The van der Waals surface area contributed by atoms with Crippen molar-refractivity contribution >= 4 is 57.6 Å². The van der Waals surface area contributed by atoms with Gasteiger partial charge in [-0.1, -0.05) is 30.0 Å². The molecule has 182 valence electrons. The SMILES string of the molecule is COc1cc(/C=C2/SC(=S)N(c3ccc([N+](=O)[O-])cc3)C2=O)ccc1OCC(=O)N1CCOCC1. The lowest BCUT2D eigenvalue weighted by Crippen LogP contribution is -2.43. The Morgan fingerprint density at radius 1 is 1.20 bits per heavy atom. The molecule has 0 saturated carbocycles. The molecule has 0 unspecified atom stereocenters. The van der Waals surface area contributed by atoms with Crippen molar-refractivity contribution < 1.29 is 28.7 Å². The maximum Gasteiger partial charge on any atom is 0.270 e. The molecule has 35 heavy (non-hydrogen) atoms. The lowest BCUT2D eigenvalue weighted by atomic mass is 10.1. The molecule has 0 N–H and O–H groups in total. The van der Waals surface area contributed by atoms with Crippen LogP contribution in [0.5, 0.6) is 11.5 Å². The minimum Gasteiger partial charge on any atom is -0.493 e. The molecule has 2 aromatic carbocycles. The second kappa shape index (κ2) is 10.8. The number of thioether (sulfide) groups is 1. The molecular weight excluding hydrogens is 494 g/mol. The Balaban J connectivity index is 1.47. The molecule has 0 atom stereocenters. The van der Waals surface area contributed by atoms with E-state index in [4.69, 9.17) is 26.4 Å². The number of carbonyl (C=O) groups is 2. The van der Waals surface area contributed by atoms with Gasteiger partial charge in [0.25, 0.3) is 17.5 Å². The van der Waals surface area contributed by atoms with Gasteiger partial charge in [-0.3, -0.25) is 24.6 Å². The standard InChI is InChI=1S/C23H21N3O7S2/c1-31-19-12-15(2-7-18(19)33-14-21(27)24-8-10-32-11-9-24)13-20-22(28)25(23(34)35-20)16-3-5-17(6-4-16)26(29)30/h2-7,12-13H,8-11,14H2,1H3/b20-13+. The summed E-state index contributed by atoms with van der Waals surface area (Å²) in [6.07, 6.45) is 1.68. The summed E-state index contributed by atoms with van der Waals surface area (Å²) in [6.45, 7) is 1.98. The van der Waals surface area contributed by atoms with Crippen LogP contribution in [-0.4, -0.2) is 66.0 Å². The van der Waals surface area contributed by atoms with E-state index < -0.39 is 4.92 Å². The van der Waals surface area contributed by atoms with Gasteiger partial charge in [-0.2, -0.15) is 0 Å². The van der Waals surface area contributed by atoms with Crippen molar-refractivity contribution in [2.24, 2.45) is 0 Å². The summed E-state index contributed by atoms with van der Waals surface area (Å²) in [5.41, 5.74) is 1.06. The molecule has 0 radical (unpaired) electrons. The van der Waals surface area contributed by atoms with Crippen molar-refractivity contribution in [2.45, 2.75) is 0 Å². The van der Waals surface area contributed by atoms with Gasteiger partial charge in [0, 0.05) is 25.2 Å². The Morgan fingerprint density at radius 2 is 1.91 bits per heavy atom. The first kappa shape index (κ1) is 24.6. The Bertz CT molecular complexity index is 1190. The van der Waals surface area contributed by atoms with Gasteiger partial charge in [0.05, 0.1) is 35.8 Å². The summed E-state index contributed by atoms with van der Waals surface area (Å²) in [6, 6.07) is 10.7. The van der Waals surface area contributed by atoms with E-state index in [1.54, 1.807) is 29.2 Å². The zero-order valence-corrected chi connectivity index (χ0v) is 20.3. The summed E-state index contributed by atoms with van der Waals surface area (Å²) in [4.78, 5) is 39.1. The quantitative estimate of drug-likeness (QED) is 0.237. The third-order valence-electron chi connectivity index (χ3n) is 5.31. The number of hydrogen-bond acceptors (Lipinski definition) is 9. The Hall–Kier alpha value is -3.48. The normalized spacial score (nSPS) is 17.1. The van der Waals surface area contributed by atoms with Crippen molar-refractivity contribution in [2.75, 3.05) is 44.9 Å². The average Bonchev–Trinajstić information content (AvgIpc) is 3.15. The van der Waals surface area contributed by atoms with Crippen LogP contribution in [0.1, 0.15) is 5.56 Å². The van der Waals surface area contributed by atoms with Gasteiger partial charge in [-0.15, -0.1) is 0 Å². The van der Waals surface area contributed by atoms with E-state index in [-0.39, 0.29) is 24.1 Å². The van der Waals surface area contributed by atoms with Gasteiger partial charge in [0.1, 0.15) is 0 Å². The smallest absolute Gasteiger partial charge is 0.270 e. The summed E-state index contributed by atoms with van der Waals surface area (Å²) >= 11 is 6.50. The molecule has 2 aromatic rings. The van der Waals surface area contributed by atoms with Crippen LogP contribution in [0.2, 0.25) is 0 Å². The first-order chi connectivity index (χ1) is 16.9. The molecule has 2 heterocycles. The fraction of sp³-hybridized carbons (Fsp3) is 0.261. The lowest BCUT2D eigenvalue weighted by Gasteiger charge is -2.26. The van der Waals surface area contributed by atoms with E-state index in [2.05, 4.69) is 0 Å². The molecule has 0 bridgehead atoms. The van der Waals surface area contributed by atoms with Crippen molar-refractivity contribution in [1.29, 1.82) is 0 Å². The number of nitro groups is 1. The second-order valence-corrected chi connectivity index (χ2v) is 9.16. The van der Waals surface area contributed by atoms with Crippen LogP contribution in [0.25, 0.3) is 6.08 Å². The number of rotatable bonds is 7. The first-order valence-electron chi connectivity index (χ1n) is 10.6. The number of nitro benzene ring substituents is 1. The highest BCUT2D eigenvalue weighted by atomic mass is 32.2. The molecule has 0 aliphatic carbocycles. The zero-order valence-electron chi connectivity index (χ0n) is 18.7. The minimum atomic E-state index is -0.507. The zero-order chi connectivity index (χ0) is 24.9. The van der Waals surface area contributed by atoms with Crippen LogP contribution in [0.15, 0.2) is 47.4 Å². The van der Waals surface area contributed by atoms with Gasteiger partial charge in [0.2, 0.25) is 0 Å². The summed E-state index contributed by atoms with van der Waals surface area (Å²) in [5, 5.41) is 10.9. The van der Waals surface area contributed by atoms with Crippen LogP contribution < -0.4 is 14.4 Å². The number of ether oxygens (including phenoxy) is 3. The van der Waals surface area contributed by atoms with E-state index in [0.29, 0.717) is 58.3 Å². The van der Waals surface area contributed by atoms with E-state index in [1.807, 2.05) is 0 Å². The summed E-state index contributed by atoms with van der Waals surface area (Å²) in [5.74, 6) is 0.364. The molecule has 2 fully saturated rings. The molecule has 10 nitrogen and oxygen atoms in total. The van der Waals surface area contributed by atoms with E-state index in [0.717, 1.165) is 11.8 Å². The molecule has 4 rings (SSSR count). The highest BCUT2D eigenvalue weighted by molar-refractivity contribution is 8.27. The summed E-state index contributed by atoms with van der Waals surface area (Å²) in [7, 11) is 1.49. The number of carbonyl (C=O) groups excluding carboxylic acids is 2. The molecular formula is C23H21N3O7S2. The molecule has 2 aliphatic rings. The third-order valence-corrected chi connectivity index (χ3v) is 6.61. The van der Waals surface area contributed by atoms with Crippen LogP contribution in [0.3, 0.4) is 0 Å². The van der Waals surface area contributed by atoms with Crippen LogP contribution in [0.4, 0.5) is 11.4 Å². The van der Waals surface area contributed by atoms with Crippen molar-refractivity contribution in [1.82, 2.24) is 4.90 Å². The van der Waals surface area contributed by atoms with Gasteiger partial charge in [-0.25, -0.2) is 0 Å². The number of methoxy groups -OCH3 is 1. The maximum atomic E-state index is 13.0. The fourth-order valence-electron chi connectivity index (χ4n) is 3.50. The largest absolute Gasteiger partial charge is 0.493 e. The Kier molecular flexibility index (Phi) is 7.63. The maximum absolute atomic E-state index is 13.0. The monoisotopic (exact) mass is 515 g/mol. The van der Waals surface area contributed by atoms with E-state index in [9.17, 15) is 19.7 Å². The molecule has 2 saturated heterocycles. The van der Waals surface area contributed by atoms with Crippen molar-refractivity contribution in [3.05, 3.63) is 63.0 Å². The highest BCUT2D eigenvalue weighted by Gasteiger charge is 2.33. The number of hydrogen-bond donors (Lipinski definition) is 0. The van der Waals surface area contributed by atoms with Crippen molar-refractivity contribution in [3.63, 3.8) is 0 Å². The number of thiocarbonyl (C=S) groups is 1. The Morgan fingerprint density at radius 3 is 2.57 bits per heavy atom. The predicted molar refractivity (Wildman–Crippen MR) is 135 cm³/mol. The third kappa shape index (κ3) is 5.61.